The van der Waals surface area contributed by atoms with E-state index < -0.39 is 4.92 Å². The van der Waals surface area contributed by atoms with E-state index in [2.05, 4.69) is 5.32 Å². The van der Waals surface area contributed by atoms with E-state index in [0.717, 1.165) is 16.9 Å². The van der Waals surface area contributed by atoms with Crippen LogP contribution in [0.4, 0.5) is 11.4 Å². The van der Waals surface area contributed by atoms with Crippen molar-refractivity contribution in [1.29, 1.82) is 0 Å². The van der Waals surface area contributed by atoms with E-state index in [1.807, 2.05) is 38.1 Å². The van der Waals surface area contributed by atoms with Crippen LogP contribution < -0.4 is 10.1 Å². The second-order valence-corrected chi connectivity index (χ2v) is 5.82. The van der Waals surface area contributed by atoms with Gasteiger partial charge in [-0.15, -0.1) is 0 Å². The molecular weight excluding hydrogens is 320 g/mol. The summed E-state index contributed by atoms with van der Waals surface area (Å²) in [6.07, 6.45) is 3.11. The summed E-state index contributed by atoms with van der Waals surface area (Å²) < 4.78 is 5.61. The molecule has 1 amide bonds. The van der Waals surface area contributed by atoms with Crippen LogP contribution in [0, 0.1) is 17.0 Å². The Morgan fingerprint density at radius 2 is 2.00 bits per heavy atom. The van der Waals surface area contributed by atoms with E-state index in [-0.39, 0.29) is 17.7 Å². The average molecular weight is 340 g/mol. The van der Waals surface area contributed by atoms with Crippen LogP contribution >= 0.6 is 0 Å². The summed E-state index contributed by atoms with van der Waals surface area (Å²) in [4.78, 5) is 22.4. The Hall–Kier alpha value is -3.15. The first-order chi connectivity index (χ1) is 11.8. The molecule has 0 aliphatic heterocycles. The highest BCUT2D eigenvalue weighted by Gasteiger charge is 2.09. The third kappa shape index (κ3) is 5.46. The quantitative estimate of drug-likeness (QED) is 0.482. The van der Waals surface area contributed by atoms with E-state index >= 15 is 0 Å². The van der Waals surface area contributed by atoms with Gasteiger partial charge >= 0.3 is 0 Å². The third-order valence-corrected chi connectivity index (χ3v) is 3.35. The topological polar surface area (TPSA) is 81.5 Å². The number of carbonyl (C=O) groups is 1. The number of nitrogens with zero attached hydrogens (tertiary/aromatic N) is 1. The summed E-state index contributed by atoms with van der Waals surface area (Å²) in [5, 5.41) is 13.5. The van der Waals surface area contributed by atoms with Crippen molar-refractivity contribution in [1.82, 2.24) is 0 Å². The minimum Gasteiger partial charge on any atom is -0.491 e. The molecule has 0 aromatic heterocycles. The molecule has 0 spiro atoms. The van der Waals surface area contributed by atoms with Gasteiger partial charge in [0, 0.05) is 18.2 Å². The highest BCUT2D eigenvalue weighted by molar-refractivity contribution is 6.02. The first-order valence-corrected chi connectivity index (χ1v) is 7.86. The van der Waals surface area contributed by atoms with Gasteiger partial charge in [-0.2, -0.15) is 0 Å². The highest BCUT2D eigenvalue weighted by atomic mass is 16.6. The van der Waals surface area contributed by atoms with Gasteiger partial charge in [0.2, 0.25) is 5.91 Å². The molecule has 6 heteroatoms. The Balaban J connectivity index is 2.09. The number of hydrogen-bond acceptors (Lipinski definition) is 4. The van der Waals surface area contributed by atoms with Crippen LogP contribution in [0.5, 0.6) is 5.75 Å². The number of rotatable bonds is 6. The number of benzene rings is 2. The minimum absolute atomic E-state index is 0.0663. The standard InChI is InChI=1S/C19H20N2O4/c1-13(2)25-17-6-4-5-15(11-17)8-10-19(22)20-18-12-16(21(23)24)9-7-14(18)3/h4-13H,1-3H3,(H,20,22)/b10-8+. The molecule has 2 aromatic rings. The van der Waals surface area contributed by atoms with Crippen molar-refractivity contribution in [2.45, 2.75) is 26.9 Å². The second-order valence-electron chi connectivity index (χ2n) is 5.82. The fourth-order valence-electron chi connectivity index (χ4n) is 2.17. The van der Waals surface area contributed by atoms with Crippen LogP contribution in [0.15, 0.2) is 48.5 Å². The molecule has 0 radical (unpaired) electrons. The van der Waals surface area contributed by atoms with E-state index in [0.29, 0.717) is 5.69 Å². The van der Waals surface area contributed by atoms with Gasteiger partial charge in [-0.1, -0.05) is 18.2 Å². The van der Waals surface area contributed by atoms with Crippen LogP contribution in [-0.2, 0) is 4.79 Å². The molecular formula is C19H20N2O4. The lowest BCUT2D eigenvalue weighted by Crippen LogP contribution is -2.09. The number of ether oxygens (including phenoxy) is 1. The molecule has 0 fully saturated rings. The fourth-order valence-corrected chi connectivity index (χ4v) is 2.17. The predicted molar refractivity (Wildman–Crippen MR) is 97.7 cm³/mol. The zero-order valence-electron chi connectivity index (χ0n) is 14.4. The number of nitro groups is 1. The van der Waals surface area contributed by atoms with Gasteiger partial charge in [-0.3, -0.25) is 14.9 Å². The molecule has 0 saturated heterocycles. The molecule has 0 aliphatic rings. The number of anilines is 1. The van der Waals surface area contributed by atoms with Gasteiger partial charge < -0.3 is 10.1 Å². The predicted octanol–water partition coefficient (Wildman–Crippen LogP) is 4.34. The molecule has 0 bridgehead atoms. The summed E-state index contributed by atoms with van der Waals surface area (Å²) >= 11 is 0. The fraction of sp³-hybridized carbons (Fsp3) is 0.211. The number of hydrogen-bond donors (Lipinski definition) is 1. The normalized spacial score (nSPS) is 10.9. The average Bonchev–Trinajstić information content (AvgIpc) is 2.54. The number of nitro benzene ring substituents is 1. The van der Waals surface area contributed by atoms with Crippen LogP contribution in [0.2, 0.25) is 0 Å². The molecule has 0 aliphatic carbocycles. The van der Waals surface area contributed by atoms with Crippen molar-refractivity contribution in [3.8, 4) is 5.75 Å². The van der Waals surface area contributed by atoms with Gasteiger partial charge in [0.15, 0.2) is 0 Å². The van der Waals surface area contributed by atoms with Gasteiger partial charge in [-0.05, 0) is 50.1 Å². The first kappa shape index (κ1) is 18.2. The SMILES string of the molecule is Cc1ccc([N+](=O)[O-])cc1NC(=O)/C=C/c1cccc(OC(C)C)c1. The maximum absolute atomic E-state index is 12.1. The third-order valence-electron chi connectivity index (χ3n) is 3.35. The van der Waals surface area contributed by atoms with E-state index in [1.165, 1.54) is 18.2 Å². The van der Waals surface area contributed by atoms with Crippen molar-refractivity contribution in [3.05, 3.63) is 69.8 Å². The molecule has 1 N–H and O–H groups in total. The molecule has 0 saturated carbocycles. The molecule has 0 unspecified atom stereocenters. The van der Waals surface area contributed by atoms with Crippen molar-refractivity contribution in [2.75, 3.05) is 5.32 Å². The lowest BCUT2D eigenvalue weighted by Gasteiger charge is -2.09. The summed E-state index contributed by atoms with van der Waals surface area (Å²) in [5.74, 6) is 0.367. The zero-order chi connectivity index (χ0) is 18.4. The Kier molecular flexibility index (Phi) is 5.89. The molecule has 2 rings (SSSR count). The number of aryl methyl sites for hydroxylation is 1. The van der Waals surface area contributed by atoms with Crippen molar-refractivity contribution in [3.63, 3.8) is 0 Å². The Morgan fingerprint density at radius 1 is 1.24 bits per heavy atom. The molecule has 0 atom stereocenters. The summed E-state index contributed by atoms with van der Waals surface area (Å²) in [7, 11) is 0. The van der Waals surface area contributed by atoms with Crippen LogP contribution in [0.25, 0.3) is 6.08 Å². The number of amides is 1. The van der Waals surface area contributed by atoms with Gasteiger partial charge in [0.1, 0.15) is 5.75 Å². The van der Waals surface area contributed by atoms with Gasteiger partial charge in [0.05, 0.1) is 16.7 Å². The monoisotopic (exact) mass is 340 g/mol. The van der Waals surface area contributed by atoms with E-state index in [4.69, 9.17) is 4.74 Å². The summed E-state index contributed by atoms with van der Waals surface area (Å²) in [6.45, 7) is 5.66. The summed E-state index contributed by atoms with van der Waals surface area (Å²) in [6, 6.07) is 11.7. The number of non-ortho nitro benzene ring substituents is 1. The van der Waals surface area contributed by atoms with Crippen molar-refractivity contribution in [2.24, 2.45) is 0 Å². The maximum Gasteiger partial charge on any atom is 0.271 e. The van der Waals surface area contributed by atoms with E-state index in [9.17, 15) is 14.9 Å². The molecule has 6 nitrogen and oxygen atoms in total. The molecule has 25 heavy (non-hydrogen) atoms. The van der Waals surface area contributed by atoms with Crippen LogP contribution in [0.1, 0.15) is 25.0 Å². The minimum atomic E-state index is -0.495. The molecule has 130 valence electrons. The van der Waals surface area contributed by atoms with Crippen LogP contribution in [-0.4, -0.2) is 16.9 Å². The Morgan fingerprint density at radius 3 is 2.68 bits per heavy atom. The second kappa shape index (κ2) is 8.10. The van der Waals surface area contributed by atoms with Crippen molar-refractivity contribution >= 4 is 23.4 Å². The zero-order valence-corrected chi connectivity index (χ0v) is 14.4. The molecule has 0 heterocycles. The lowest BCUT2D eigenvalue weighted by atomic mass is 10.1. The lowest BCUT2D eigenvalue weighted by molar-refractivity contribution is -0.384. The number of nitrogens with one attached hydrogen (secondary N) is 1. The van der Waals surface area contributed by atoms with Gasteiger partial charge in [0.25, 0.3) is 5.69 Å². The smallest absolute Gasteiger partial charge is 0.271 e. The van der Waals surface area contributed by atoms with Crippen LogP contribution in [0.3, 0.4) is 0 Å². The van der Waals surface area contributed by atoms with Gasteiger partial charge in [-0.25, -0.2) is 0 Å². The Labute approximate surface area is 146 Å². The molecule has 2 aromatic carbocycles. The van der Waals surface area contributed by atoms with Crippen molar-refractivity contribution < 1.29 is 14.5 Å². The maximum atomic E-state index is 12.1. The Bertz CT molecular complexity index is 813. The van der Waals surface area contributed by atoms with E-state index in [1.54, 1.807) is 19.1 Å². The highest BCUT2D eigenvalue weighted by Crippen LogP contribution is 2.22. The summed E-state index contributed by atoms with van der Waals surface area (Å²) in [5.41, 5.74) is 1.92. The number of carbonyl (C=O) groups excluding carboxylic acids is 1. The largest absolute Gasteiger partial charge is 0.491 e. The first-order valence-electron chi connectivity index (χ1n) is 7.86.